The number of aliphatic hydroxyl groups is 1. The minimum atomic E-state index is -0.575. The van der Waals surface area contributed by atoms with E-state index in [4.69, 9.17) is 4.74 Å². The van der Waals surface area contributed by atoms with Gasteiger partial charge in [-0.05, 0) is 18.4 Å². The highest BCUT2D eigenvalue weighted by molar-refractivity contribution is 5.13. The van der Waals surface area contributed by atoms with E-state index >= 15 is 0 Å². The van der Waals surface area contributed by atoms with Gasteiger partial charge in [-0.3, -0.25) is 0 Å². The van der Waals surface area contributed by atoms with Gasteiger partial charge < -0.3 is 9.84 Å². The smallest absolute Gasteiger partial charge is 0.0969 e. The molecule has 2 rings (SSSR count). The van der Waals surface area contributed by atoms with E-state index in [1.165, 1.54) is 12.8 Å². The van der Waals surface area contributed by atoms with Crippen LogP contribution in [0.1, 0.15) is 37.4 Å². The van der Waals surface area contributed by atoms with E-state index in [9.17, 15) is 5.11 Å². The number of hydrogen-bond donors (Lipinski definition) is 1. The number of ether oxygens (including phenoxy) is 1. The summed E-state index contributed by atoms with van der Waals surface area (Å²) in [7, 11) is 0. The molecular weight excluding hydrogens is 278 g/mol. The first kappa shape index (κ1) is 16.6. The van der Waals surface area contributed by atoms with E-state index in [-0.39, 0.29) is 0 Å². The van der Waals surface area contributed by atoms with Crippen molar-refractivity contribution in [3.63, 3.8) is 0 Å². The van der Waals surface area contributed by atoms with E-state index < -0.39 is 6.10 Å². The van der Waals surface area contributed by atoms with Crippen LogP contribution in [0.15, 0.2) is 36.5 Å². The van der Waals surface area contributed by atoms with Gasteiger partial charge >= 0.3 is 0 Å². The predicted octanol–water partition coefficient (Wildman–Crippen LogP) is 2.59. The first-order valence-electron chi connectivity index (χ1n) is 7.96. The van der Waals surface area contributed by atoms with Crippen LogP contribution in [0.25, 0.3) is 0 Å². The van der Waals surface area contributed by atoms with Crippen LogP contribution in [0, 0.1) is 0 Å². The van der Waals surface area contributed by atoms with Gasteiger partial charge in [0.1, 0.15) is 0 Å². The molecule has 0 aliphatic heterocycles. The summed E-state index contributed by atoms with van der Waals surface area (Å²) < 4.78 is 7.22. The molecule has 0 saturated heterocycles. The maximum atomic E-state index is 9.99. The first-order valence-corrected chi connectivity index (χ1v) is 7.96. The average molecular weight is 303 g/mol. The number of benzene rings is 1. The Hall–Kier alpha value is -1.72. The predicted molar refractivity (Wildman–Crippen MR) is 85.4 cm³/mol. The van der Waals surface area contributed by atoms with Crippen molar-refractivity contribution >= 4 is 0 Å². The van der Waals surface area contributed by atoms with E-state index in [0.29, 0.717) is 19.8 Å². The van der Waals surface area contributed by atoms with Gasteiger partial charge in [0, 0.05) is 6.20 Å². The van der Waals surface area contributed by atoms with Crippen molar-refractivity contribution in [2.24, 2.45) is 0 Å². The second kappa shape index (κ2) is 9.33. The van der Waals surface area contributed by atoms with Crippen LogP contribution >= 0.6 is 0 Å². The third-order valence-corrected chi connectivity index (χ3v) is 3.44. The number of rotatable bonds is 10. The van der Waals surface area contributed by atoms with Crippen LogP contribution in [-0.4, -0.2) is 32.8 Å². The van der Waals surface area contributed by atoms with Crippen LogP contribution in [0.5, 0.6) is 0 Å². The number of unbranched alkanes of at least 4 members (excludes halogenated alkanes) is 2. The molecule has 0 radical (unpaired) electrons. The molecule has 0 bridgehead atoms. The van der Waals surface area contributed by atoms with E-state index in [2.05, 4.69) is 17.2 Å². The maximum absolute atomic E-state index is 9.99. The average Bonchev–Trinajstić information content (AvgIpc) is 2.96. The summed E-state index contributed by atoms with van der Waals surface area (Å²) in [5, 5.41) is 18.2. The zero-order valence-corrected chi connectivity index (χ0v) is 13.2. The minimum absolute atomic E-state index is 0.292. The normalized spacial score (nSPS) is 12.5. The van der Waals surface area contributed by atoms with Gasteiger partial charge in [0.25, 0.3) is 0 Å². The van der Waals surface area contributed by atoms with Gasteiger partial charge in [-0.2, -0.15) is 0 Å². The Kier molecular flexibility index (Phi) is 7.06. The molecular formula is C17H25N3O2. The molecule has 0 fully saturated rings. The lowest BCUT2D eigenvalue weighted by Gasteiger charge is -2.11. The van der Waals surface area contributed by atoms with Crippen molar-refractivity contribution in [1.29, 1.82) is 0 Å². The number of hydrogen-bond acceptors (Lipinski definition) is 4. The maximum Gasteiger partial charge on any atom is 0.0969 e. The lowest BCUT2D eigenvalue weighted by Crippen LogP contribution is -2.22. The molecule has 5 nitrogen and oxygen atoms in total. The van der Waals surface area contributed by atoms with Gasteiger partial charge in [0.15, 0.2) is 0 Å². The second-order valence-electron chi connectivity index (χ2n) is 5.54. The highest BCUT2D eigenvalue weighted by atomic mass is 16.5. The van der Waals surface area contributed by atoms with Gasteiger partial charge in [-0.1, -0.05) is 55.3 Å². The van der Waals surface area contributed by atoms with Crippen molar-refractivity contribution < 1.29 is 9.84 Å². The molecule has 1 N–H and O–H groups in total. The lowest BCUT2D eigenvalue weighted by atomic mass is 10.2. The molecule has 1 heterocycles. The fraction of sp³-hybridized carbons (Fsp3) is 0.529. The van der Waals surface area contributed by atoms with Crippen molar-refractivity contribution in [2.45, 2.75) is 51.9 Å². The summed E-state index contributed by atoms with van der Waals surface area (Å²) in [5.41, 5.74) is 2.10. The SMILES string of the molecule is CCCCCc1cn(CC(O)COCc2ccccc2)nn1. The number of aliphatic hydroxyl groups excluding tert-OH is 1. The zero-order chi connectivity index (χ0) is 15.6. The van der Waals surface area contributed by atoms with Crippen molar-refractivity contribution in [3.05, 3.63) is 47.8 Å². The van der Waals surface area contributed by atoms with Gasteiger partial charge in [-0.15, -0.1) is 5.10 Å². The summed E-state index contributed by atoms with van der Waals surface area (Å²) in [4.78, 5) is 0. The molecule has 1 unspecified atom stereocenters. The minimum Gasteiger partial charge on any atom is -0.389 e. The van der Waals surface area contributed by atoms with Gasteiger partial charge in [-0.25, -0.2) is 4.68 Å². The third kappa shape index (κ3) is 5.95. The largest absolute Gasteiger partial charge is 0.389 e. The molecule has 0 spiro atoms. The van der Waals surface area contributed by atoms with Crippen molar-refractivity contribution in [2.75, 3.05) is 6.61 Å². The fourth-order valence-corrected chi connectivity index (χ4v) is 2.25. The van der Waals surface area contributed by atoms with Gasteiger partial charge in [0.05, 0.1) is 31.6 Å². The molecule has 1 aromatic heterocycles. The number of nitrogens with zero attached hydrogens (tertiary/aromatic N) is 3. The Morgan fingerprint density at radius 2 is 2.05 bits per heavy atom. The first-order chi connectivity index (χ1) is 10.8. The summed E-state index contributed by atoms with van der Waals surface area (Å²) in [6.07, 6.45) is 5.84. The zero-order valence-electron chi connectivity index (χ0n) is 13.2. The monoisotopic (exact) mass is 303 g/mol. The van der Waals surface area contributed by atoms with E-state index in [1.807, 2.05) is 36.5 Å². The van der Waals surface area contributed by atoms with Crippen LogP contribution in [-0.2, 0) is 24.3 Å². The van der Waals surface area contributed by atoms with Crippen LogP contribution in [0.2, 0.25) is 0 Å². The standard InChI is InChI=1S/C17H25N3O2/c1-2-3-5-10-16-11-20(19-18-16)12-17(21)14-22-13-15-8-6-4-7-9-15/h4,6-9,11,17,21H,2-3,5,10,12-14H2,1H3. The Morgan fingerprint density at radius 1 is 1.23 bits per heavy atom. The molecule has 22 heavy (non-hydrogen) atoms. The Balaban J connectivity index is 1.67. The molecule has 0 amide bonds. The van der Waals surface area contributed by atoms with E-state index in [1.54, 1.807) is 4.68 Å². The Bertz CT molecular complexity index is 528. The highest BCUT2D eigenvalue weighted by Crippen LogP contribution is 2.04. The third-order valence-electron chi connectivity index (χ3n) is 3.44. The number of aromatic nitrogens is 3. The molecule has 1 atom stereocenters. The van der Waals surface area contributed by atoms with Crippen LogP contribution in [0.3, 0.4) is 0 Å². The fourth-order valence-electron chi connectivity index (χ4n) is 2.25. The lowest BCUT2D eigenvalue weighted by molar-refractivity contribution is 0.0185. The summed E-state index contributed by atoms with van der Waals surface area (Å²) in [6.45, 7) is 3.40. The van der Waals surface area contributed by atoms with Crippen molar-refractivity contribution in [3.8, 4) is 0 Å². The molecule has 0 aliphatic carbocycles. The summed E-state index contributed by atoms with van der Waals surface area (Å²) in [5.74, 6) is 0. The molecule has 120 valence electrons. The topological polar surface area (TPSA) is 60.2 Å². The molecule has 0 saturated carbocycles. The molecule has 5 heteroatoms. The van der Waals surface area contributed by atoms with Crippen LogP contribution < -0.4 is 0 Å². The Labute approximate surface area is 131 Å². The van der Waals surface area contributed by atoms with Gasteiger partial charge in [0.2, 0.25) is 0 Å². The molecule has 2 aromatic rings. The number of aryl methyl sites for hydroxylation is 1. The Morgan fingerprint density at radius 3 is 2.82 bits per heavy atom. The highest BCUT2D eigenvalue weighted by Gasteiger charge is 2.08. The summed E-state index contributed by atoms with van der Waals surface area (Å²) in [6, 6.07) is 9.94. The quantitative estimate of drug-likeness (QED) is 0.685. The second-order valence-corrected chi connectivity index (χ2v) is 5.54. The van der Waals surface area contributed by atoms with E-state index in [0.717, 1.165) is 24.1 Å². The molecule has 0 aliphatic rings. The molecule has 1 aromatic carbocycles. The van der Waals surface area contributed by atoms with Crippen LogP contribution in [0.4, 0.5) is 0 Å². The summed E-state index contributed by atoms with van der Waals surface area (Å²) >= 11 is 0. The van der Waals surface area contributed by atoms with Crippen molar-refractivity contribution in [1.82, 2.24) is 15.0 Å².